The third-order valence-corrected chi connectivity index (χ3v) is 3.89. The minimum Gasteiger partial charge on any atom is -0.451 e. The first kappa shape index (κ1) is 16.3. The fraction of sp³-hybridized carbons (Fsp3) is 0.105. The standard InChI is InChI=1S/C19H15ClFNO2/c1-12-10-13(2-7-16(12)21)11-22-19(23)18-9-8-17(24-18)14-3-5-15(20)6-4-14/h2-10H,11H2,1H3,(H,22,23). The van der Waals surface area contributed by atoms with Crippen molar-refractivity contribution in [2.75, 3.05) is 0 Å². The fourth-order valence-corrected chi connectivity index (χ4v) is 2.44. The molecule has 24 heavy (non-hydrogen) atoms. The third kappa shape index (κ3) is 3.66. The Kier molecular flexibility index (Phi) is 4.67. The number of nitrogens with one attached hydrogen (secondary N) is 1. The van der Waals surface area contributed by atoms with Crippen molar-refractivity contribution in [1.29, 1.82) is 0 Å². The van der Waals surface area contributed by atoms with Gasteiger partial charge in [0.1, 0.15) is 11.6 Å². The lowest BCUT2D eigenvalue weighted by molar-refractivity contribution is 0.0924. The van der Waals surface area contributed by atoms with Gasteiger partial charge in [-0.15, -0.1) is 0 Å². The molecule has 0 radical (unpaired) electrons. The van der Waals surface area contributed by atoms with Crippen molar-refractivity contribution in [3.8, 4) is 11.3 Å². The van der Waals surface area contributed by atoms with Gasteiger partial charge >= 0.3 is 0 Å². The zero-order valence-corrected chi connectivity index (χ0v) is 13.7. The van der Waals surface area contributed by atoms with Gasteiger partial charge in [0.15, 0.2) is 5.76 Å². The molecule has 0 saturated carbocycles. The second-order valence-electron chi connectivity index (χ2n) is 5.44. The van der Waals surface area contributed by atoms with Gasteiger partial charge < -0.3 is 9.73 Å². The van der Waals surface area contributed by atoms with E-state index in [1.807, 2.05) is 12.1 Å². The van der Waals surface area contributed by atoms with Crippen molar-refractivity contribution in [1.82, 2.24) is 5.32 Å². The van der Waals surface area contributed by atoms with E-state index in [0.29, 0.717) is 22.9 Å². The van der Waals surface area contributed by atoms with E-state index in [1.165, 1.54) is 6.07 Å². The molecule has 1 aromatic heterocycles. The van der Waals surface area contributed by atoms with Crippen molar-refractivity contribution in [2.45, 2.75) is 13.5 Å². The molecule has 0 atom stereocenters. The topological polar surface area (TPSA) is 42.2 Å². The molecule has 0 saturated heterocycles. The first-order chi connectivity index (χ1) is 11.5. The third-order valence-electron chi connectivity index (χ3n) is 3.63. The quantitative estimate of drug-likeness (QED) is 0.726. The first-order valence-electron chi connectivity index (χ1n) is 7.42. The maximum atomic E-state index is 13.2. The summed E-state index contributed by atoms with van der Waals surface area (Å²) in [7, 11) is 0. The number of hydrogen-bond donors (Lipinski definition) is 1. The van der Waals surface area contributed by atoms with Crippen LogP contribution in [0.1, 0.15) is 21.7 Å². The smallest absolute Gasteiger partial charge is 0.287 e. The highest BCUT2D eigenvalue weighted by Crippen LogP contribution is 2.23. The average molecular weight is 344 g/mol. The van der Waals surface area contributed by atoms with Gasteiger partial charge in [-0.2, -0.15) is 0 Å². The largest absolute Gasteiger partial charge is 0.451 e. The maximum Gasteiger partial charge on any atom is 0.287 e. The van der Waals surface area contributed by atoms with Gasteiger partial charge in [0.25, 0.3) is 5.91 Å². The fourth-order valence-electron chi connectivity index (χ4n) is 2.32. The van der Waals surface area contributed by atoms with Crippen LogP contribution in [0.3, 0.4) is 0 Å². The van der Waals surface area contributed by atoms with Crippen molar-refractivity contribution in [2.24, 2.45) is 0 Å². The molecule has 1 heterocycles. The highest BCUT2D eigenvalue weighted by Gasteiger charge is 2.12. The number of aryl methyl sites for hydroxylation is 1. The summed E-state index contributed by atoms with van der Waals surface area (Å²) in [5.41, 5.74) is 2.21. The van der Waals surface area contributed by atoms with Crippen molar-refractivity contribution < 1.29 is 13.6 Å². The van der Waals surface area contributed by atoms with Crippen LogP contribution < -0.4 is 5.32 Å². The molecule has 3 nitrogen and oxygen atoms in total. The van der Waals surface area contributed by atoms with Crippen LogP contribution in [0, 0.1) is 12.7 Å². The van der Waals surface area contributed by atoms with Gasteiger partial charge in [-0.05, 0) is 60.5 Å². The lowest BCUT2D eigenvalue weighted by Crippen LogP contribution is -2.22. The van der Waals surface area contributed by atoms with E-state index in [2.05, 4.69) is 5.32 Å². The van der Waals surface area contributed by atoms with Gasteiger partial charge in [0.2, 0.25) is 0 Å². The summed E-state index contributed by atoms with van der Waals surface area (Å²) in [4.78, 5) is 12.2. The Morgan fingerprint density at radius 1 is 1.12 bits per heavy atom. The van der Waals surface area contributed by atoms with Gasteiger partial charge in [0.05, 0.1) is 0 Å². The Hall–Kier alpha value is -2.59. The predicted octanol–water partition coefficient (Wildman–Crippen LogP) is 4.98. The summed E-state index contributed by atoms with van der Waals surface area (Å²) in [6.45, 7) is 1.99. The van der Waals surface area contributed by atoms with E-state index in [9.17, 15) is 9.18 Å². The molecular weight excluding hydrogens is 329 g/mol. The number of rotatable bonds is 4. The Morgan fingerprint density at radius 2 is 1.88 bits per heavy atom. The van der Waals surface area contributed by atoms with E-state index in [0.717, 1.165) is 11.1 Å². The van der Waals surface area contributed by atoms with Gasteiger partial charge in [-0.25, -0.2) is 4.39 Å². The van der Waals surface area contributed by atoms with Crippen LogP contribution in [0.15, 0.2) is 59.0 Å². The summed E-state index contributed by atoms with van der Waals surface area (Å²) in [5, 5.41) is 3.40. The van der Waals surface area contributed by atoms with Crippen LogP contribution in [-0.4, -0.2) is 5.91 Å². The summed E-state index contributed by atoms with van der Waals surface area (Å²) >= 11 is 5.86. The molecule has 1 N–H and O–H groups in total. The number of furan rings is 1. The van der Waals surface area contributed by atoms with Crippen LogP contribution in [0.5, 0.6) is 0 Å². The SMILES string of the molecule is Cc1cc(CNC(=O)c2ccc(-c3ccc(Cl)cc3)o2)ccc1F. The molecule has 0 fully saturated rings. The van der Waals surface area contributed by atoms with E-state index >= 15 is 0 Å². The lowest BCUT2D eigenvalue weighted by atomic mass is 10.1. The monoisotopic (exact) mass is 343 g/mol. The van der Waals surface area contributed by atoms with Crippen molar-refractivity contribution in [3.63, 3.8) is 0 Å². The summed E-state index contributed by atoms with van der Waals surface area (Å²) < 4.78 is 18.8. The molecule has 0 bridgehead atoms. The molecule has 0 aliphatic heterocycles. The number of benzene rings is 2. The predicted molar refractivity (Wildman–Crippen MR) is 91.5 cm³/mol. The Labute approximate surface area is 144 Å². The van der Waals surface area contributed by atoms with Crippen LogP contribution >= 0.6 is 11.6 Å². The zero-order chi connectivity index (χ0) is 17.1. The Balaban J connectivity index is 1.67. The molecule has 1 amide bonds. The summed E-state index contributed by atoms with van der Waals surface area (Å²) in [6.07, 6.45) is 0. The molecular formula is C19H15ClFNO2. The van der Waals surface area contributed by atoms with Crippen LogP contribution in [0.25, 0.3) is 11.3 Å². The second-order valence-corrected chi connectivity index (χ2v) is 5.87. The minimum atomic E-state index is -0.322. The number of carbonyl (C=O) groups is 1. The van der Waals surface area contributed by atoms with Gasteiger partial charge in [0, 0.05) is 17.1 Å². The molecule has 3 aromatic rings. The molecule has 0 aliphatic rings. The Morgan fingerprint density at radius 3 is 2.58 bits per heavy atom. The summed E-state index contributed by atoms with van der Waals surface area (Å²) in [6, 6.07) is 15.3. The van der Waals surface area contributed by atoms with Crippen LogP contribution in [0.4, 0.5) is 4.39 Å². The van der Waals surface area contributed by atoms with Crippen molar-refractivity contribution >= 4 is 17.5 Å². The normalized spacial score (nSPS) is 10.6. The van der Waals surface area contributed by atoms with Gasteiger partial charge in [-0.3, -0.25) is 4.79 Å². The highest BCUT2D eigenvalue weighted by molar-refractivity contribution is 6.30. The maximum absolute atomic E-state index is 13.2. The van der Waals surface area contributed by atoms with Crippen LogP contribution in [0.2, 0.25) is 5.02 Å². The number of hydrogen-bond acceptors (Lipinski definition) is 2. The first-order valence-corrected chi connectivity index (χ1v) is 7.80. The summed E-state index contributed by atoms with van der Waals surface area (Å²) in [5.74, 6) is 0.231. The van der Waals surface area contributed by atoms with Gasteiger partial charge in [-0.1, -0.05) is 23.7 Å². The van der Waals surface area contributed by atoms with Crippen molar-refractivity contribution in [3.05, 3.63) is 82.3 Å². The molecule has 2 aromatic carbocycles. The van der Waals surface area contributed by atoms with E-state index < -0.39 is 0 Å². The lowest BCUT2D eigenvalue weighted by Gasteiger charge is -2.05. The molecule has 122 valence electrons. The number of halogens is 2. The number of carbonyl (C=O) groups excluding carboxylic acids is 1. The second kappa shape index (κ2) is 6.89. The van der Waals surface area contributed by atoms with Crippen LogP contribution in [-0.2, 0) is 6.54 Å². The molecule has 3 rings (SSSR count). The molecule has 0 aliphatic carbocycles. The molecule has 0 unspecified atom stereocenters. The van der Waals surface area contributed by atoms with E-state index in [-0.39, 0.29) is 17.5 Å². The zero-order valence-electron chi connectivity index (χ0n) is 13.0. The average Bonchev–Trinajstić information content (AvgIpc) is 3.06. The van der Waals surface area contributed by atoms with E-state index in [1.54, 1.807) is 43.3 Å². The Bertz CT molecular complexity index is 871. The molecule has 0 spiro atoms. The highest BCUT2D eigenvalue weighted by atomic mass is 35.5. The van der Waals surface area contributed by atoms with E-state index in [4.69, 9.17) is 16.0 Å². The molecule has 5 heteroatoms. The number of amides is 1. The minimum absolute atomic E-state index is 0.221.